The third kappa shape index (κ3) is 6.08. The summed E-state index contributed by atoms with van der Waals surface area (Å²) in [6.45, 7) is 2.47. The lowest BCUT2D eigenvalue weighted by Crippen LogP contribution is -2.33. The molecular formula is C28H29N5O6S. The summed E-state index contributed by atoms with van der Waals surface area (Å²) in [6, 6.07) is 17.0. The molecule has 12 heteroatoms. The highest BCUT2D eigenvalue weighted by atomic mass is 32.2. The van der Waals surface area contributed by atoms with Gasteiger partial charge in [0.15, 0.2) is 0 Å². The van der Waals surface area contributed by atoms with E-state index in [1.807, 2.05) is 16.9 Å². The zero-order chi connectivity index (χ0) is 28.3. The predicted octanol–water partition coefficient (Wildman–Crippen LogP) is 4.74. The Morgan fingerprint density at radius 1 is 1.10 bits per heavy atom. The van der Waals surface area contributed by atoms with Crippen LogP contribution < -0.4 is 14.8 Å². The third-order valence-corrected chi connectivity index (χ3v) is 8.34. The lowest BCUT2D eigenvalue weighted by atomic mass is 9.97. The number of anilines is 1. The van der Waals surface area contributed by atoms with Gasteiger partial charge in [0.05, 0.1) is 15.4 Å². The van der Waals surface area contributed by atoms with Crippen molar-refractivity contribution in [3.63, 3.8) is 0 Å². The van der Waals surface area contributed by atoms with E-state index >= 15 is 0 Å². The average molecular weight is 564 g/mol. The van der Waals surface area contributed by atoms with Gasteiger partial charge in [0, 0.05) is 29.7 Å². The highest BCUT2D eigenvalue weighted by Gasteiger charge is 2.26. The maximum absolute atomic E-state index is 13.1. The van der Waals surface area contributed by atoms with Crippen LogP contribution in [0.5, 0.6) is 11.5 Å². The number of likely N-dealkylation sites (tertiary alicyclic amines) is 1. The second-order valence-electron chi connectivity index (χ2n) is 9.82. The summed E-state index contributed by atoms with van der Waals surface area (Å²) >= 11 is 0. The Kier molecular flexibility index (Phi) is 7.71. The van der Waals surface area contributed by atoms with Crippen molar-refractivity contribution in [2.75, 3.05) is 32.0 Å². The van der Waals surface area contributed by atoms with Crippen LogP contribution in [0.25, 0.3) is 10.9 Å². The normalized spacial score (nSPS) is 14.6. The molecule has 1 amide bonds. The lowest BCUT2D eigenvalue weighted by molar-refractivity contribution is -0.384. The van der Waals surface area contributed by atoms with Crippen LogP contribution in [0, 0.1) is 16.0 Å². The molecule has 0 saturated carbocycles. The van der Waals surface area contributed by atoms with E-state index in [9.17, 15) is 23.3 Å². The van der Waals surface area contributed by atoms with Crippen LogP contribution >= 0.6 is 0 Å². The summed E-state index contributed by atoms with van der Waals surface area (Å²) in [7, 11) is -2.37. The van der Waals surface area contributed by atoms with Crippen molar-refractivity contribution in [3.05, 3.63) is 88.6 Å². The molecule has 11 nitrogen and oxygen atoms in total. The Balaban J connectivity index is 1.32. The number of benzene rings is 3. The van der Waals surface area contributed by atoms with E-state index in [1.54, 1.807) is 36.5 Å². The first-order valence-corrected chi connectivity index (χ1v) is 14.3. The second kappa shape index (κ2) is 11.4. The Morgan fingerprint density at radius 3 is 2.65 bits per heavy atom. The summed E-state index contributed by atoms with van der Waals surface area (Å²) in [4.78, 5) is 29.1. The molecule has 0 radical (unpaired) electrons. The monoisotopic (exact) mass is 563 g/mol. The first kappa shape index (κ1) is 27.2. The summed E-state index contributed by atoms with van der Waals surface area (Å²) in [6.07, 6.45) is 3.74. The van der Waals surface area contributed by atoms with Gasteiger partial charge in [0.1, 0.15) is 17.2 Å². The molecule has 0 unspecified atom stereocenters. The zero-order valence-electron chi connectivity index (χ0n) is 21.8. The molecule has 1 aliphatic rings. The molecule has 3 aromatic carbocycles. The van der Waals surface area contributed by atoms with Crippen molar-refractivity contribution >= 4 is 38.2 Å². The Morgan fingerprint density at radius 2 is 1.88 bits per heavy atom. The first-order valence-electron chi connectivity index (χ1n) is 12.8. The number of piperidine rings is 1. The van der Waals surface area contributed by atoms with Gasteiger partial charge in [-0.3, -0.25) is 14.9 Å². The van der Waals surface area contributed by atoms with E-state index < -0.39 is 25.7 Å². The summed E-state index contributed by atoms with van der Waals surface area (Å²) in [5, 5.41) is 15.8. The van der Waals surface area contributed by atoms with Crippen molar-refractivity contribution in [1.82, 2.24) is 14.6 Å². The number of nitrogens with one attached hydrogen (secondary N) is 3. The van der Waals surface area contributed by atoms with E-state index in [4.69, 9.17) is 4.74 Å². The van der Waals surface area contributed by atoms with E-state index in [2.05, 4.69) is 22.2 Å². The zero-order valence-corrected chi connectivity index (χ0v) is 22.6. The topological polar surface area (TPSA) is 147 Å². The summed E-state index contributed by atoms with van der Waals surface area (Å²) in [5.41, 5.74) is 0.757. The number of carbonyl (C=O) groups is 1. The number of H-pyrrole nitrogens is 1. The van der Waals surface area contributed by atoms with Gasteiger partial charge >= 0.3 is 0 Å². The number of aromatic nitrogens is 1. The average Bonchev–Trinajstić information content (AvgIpc) is 3.40. The predicted molar refractivity (Wildman–Crippen MR) is 151 cm³/mol. The van der Waals surface area contributed by atoms with Gasteiger partial charge in [-0.05, 0) is 87.4 Å². The SMILES string of the molecule is CN1CCC(CNc2ccc(S(=O)(=O)NC(=O)c3ccccc3Oc3ccc4[nH]ccc4c3)cc2[N+](=O)[O-])CC1. The number of ether oxygens (including phenoxy) is 1. The fourth-order valence-corrected chi connectivity index (χ4v) is 5.69. The van der Waals surface area contributed by atoms with Gasteiger partial charge in [-0.2, -0.15) is 0 Å². The lowest BCUT2D eigenvalue weighted by Gasteiger charge is -2.29. The van der Waals surface area contributed by atoms with E-state index in [0.717, 1.165) is 42.9 Å². The van der Waals surface area contributed by atoms with Crippen molar-refractivity contribution in [1.29, 1.82) is 0 Å². The minimum atomic E-state index is -4.43. The smallest absolute Gasteiger partial charge is 0.293 e. The van der Waals surface area contributed by atoms with Crippen molar-refractivity contribution in [2.24, 2.45) is 5.92 Å². The van der Waals surface area contributed by atoms with E-state index in [0.29, 0.717) is 18.2 Å². The van der Waals surface area contributed by atoms with E-state index in [-0.39, 0.29) is 22.7 Å². The minimum absolute atomic E-state index is 0.00819. The number of hydrogen-bond acceptors (Lipinski definition) is 8. The molecule has 3 N–H and O–H groups in total. The number of nitro benzene ring substituents is 1. The highest BCUT2D eigenvalue weighted by Crippen LogP contribution is 2.30. The number of hydrogen-bond donors (Lipinski definition) is 3. The van der Waals surface area contributed by atoms with Crippen LogP contribution in [0.4, 0.5) is 11.4 Å². The Bertz CT molecular complexity index is 1660. The van der Waals surface area contributed by atoms with Crippen LogP contribution in [-0.2, 0) is 10.0 Å². The summed E-state index contributed by atoms with van der Waals surface area (Å²) < 4.78 is 34.1. The largest absolute Gasteiger partial charge is 0.457 e. The molecule has 1 saturated heterocycles. The number of amides is 1. The van der Waals surface area contributed by atoms with E-state index in [1.165, 1.54) is 18.2 Å². The molecule has 0 atom stereocenters. The number of aromatic amines is 1. The van der Waals surface area contributed by atoms with Crippen LogP contribution in [0.3, 0.4) is 0 Å². The number of nitro groups is 1. The molecule has 4 aromatic rings. The quantitative estimate of drug-likeness (QED) is 0.195. The maximum Gasteiger partial charge on any atom is 0.293 e. The molecule has 40 heavy (non-hydrogen) atoms. The van der Waals surface area contributed by atoms with Crippen LogP contribution in [0.2, 0.25) is 0 Å². The van der Waals surface area contributed by atoms with Crippen LogP contribution in [-0.4, -0.2) is 55.8 Å². The van der Waals surface area contributed by atoms with Crippen LogP contribution in [0.1, 0.15) is 23.2 Å². The fraction of sp³-hybridized carbons (Fsp3) is 0.250. The first-order chi connectivity index (χ1) is 19.2. The number of sulfonamides is 1. The van der Waals surface area contributed by atoms with Gasteiger partial charge in [-0.1, -0.05) is 12.1 Å². The van der Waals surface area contributed by atoms with Gasteiger partial charge in [0.2, 0.25) is 0 Å². The molecule has 0 spiro atoms. The number of carbonyl (C=O) groups excluding carboxylic acids is 1. The Labute approximate surface area is 231 Å². The molecule has 208 valence electrons. The van der Waals surface area contributed by atoms with Gasteiger partial charge in [0.25, 0.3) is 21.6 Å². The molecule has 2 heterocycles. The molecule has 1 fully saturated rings. The molecule has 1 aliphatic heterocycles. The molecular weight excluding hydrogens is 534 g/mol. The number of nitrogens with zero attached hydrogens (tertiary/aromatic N) is 2. The second-order valence-corrected chi connectivity index (χ2v) is 11.5. The standard InChI is InChI=1S/C28H29N5O6S/c1-32-14-11-19(12-15-32)18-30-25-9-7-22(17-26(25)33(35)36)40(37,38)31-28(34)23-4-2-3-5-27(23)39-21-6-8-24-20(16-21)10-13-29-24/h2-10,13,16-17,19,29-30H,11-12,14-15,18H2,1H3,(H,31,34). The number of fused-ring (bicyclic) bond motifs is 1. The maximum atomic E-state index is 13.1. The van der Waals surface area contributed by atoms with Crippen molar-refractivity contribution in [3.8, 4) is 11.5 Å². The third-order valence-electron chi connectivity index (χ3n) is 7.01. The van der Waals surface area contributed by atoms with Crippen molar-refractivity contribution in [2.45, 2.75) is 17.7 Å². The molecule has 0 aliphatic carbocycles. The number of para-hydroxylation sites is 1. The fourth-order valence-electron chi connectivity index (χ4n) is 4.70. The van der Waals surface area contributed by atoms with Gasteiger partial charge in [-0.15, -0.1) is 0 Å². The molecule has 5 rings (SSSR count). The molecule has 1 aromatic heterocycles. The minimum Gasteiger partial charge on any atom is -0.457 e. The Hall–Kier alpha value is -4.42. The summed E-state index contributed by atoms with van der Waals surface area (Å²) in [5.74, 6) is 0.0647. The van der Waals surface area contributed by atoms with Crippen LogP contribution in [0.15, 0.2) is 77.8 Å². The van der Waals surface area contributed by atoms with Crippen molar-refractivity contribution < 1.29 is 22.9 Å². The van der Waals surface area contributed by atoms with Gasteiger partial charge < -0.3 is 19.9 Å². The number of rotatable bonds is 9. The highest BCUT2D eigenvalue weighted by molar-refractivity contribution is 7.90. The van der Waals surface area contributed by atoms with Gasteiger partial charge in [-0.25, -0.2) is 13.1 Å². The molecule has 0 bridgehead atoms.